The summed E-state index contributed by atoms with van der Waals surface area (Å²) in [6, 6.07) is 0.363. The van der Waals surface area contributed by atoms with Crippen LogP contribution in [0.25, 0.3) is 0 Å². The Morgan fingerprint density at radius 3 is 2.86 bits per heavy atom. The van der Waals surface area contributed by atoms with Crippen LogP contribution in [0, 0.1) is 5.92 Å². The highest BCUT2D eigenvalue weighted by Gasteiger charge is 2.31. The van der Waals surface area contributed by atoms with Crippen LogP contribution in [0.1, 0.15) is 50.6 Å². The lowest BCUT2D eigenvalue weighted by Gasteiger charge is -2.28. The maximum Gasteiger partial charge on any atom is 0.236 e. The third-order valence-electron chi connectivity index (χ3n) is 4.83. The summed E-state index contributed by atoms with van der Waals surface area (Å²) in [6.45, 7) is 5.61. The van der Waals surface area contributed by atoms with Crippen LogP contribution in [-0.4, -0.2) is 51.7 Å². The van der Waals surface area contributed by atoms with Crippen molar-refractivity contribution in [2.45, 2.75) is 45.1 Å². The number of amides is 1. The smallest absolute Gasteiger partial charge is 0.236 e. The van der Waals surface area contributed by atoms with Gasteiger partial charge < -0.3 is 4.90 Å². The lowest BCUT2D eigenvalue weighted by molar-refractivity contribution is -0.133. The standard InChI is InChI=1S/C17H28N4O/c1-3-8-21(11-14-6-7-14)17(22)13-20-9-4-5-16(20)15-10-18-19(2)12-15/h10,12,14,16H,3-9,11,13H2,1-2H3. The van der Waals surface area contributed by atoms with Gasteiger partial charge in [0.15, 0.2) is 0 Å². The molecule has 3 rings (SSSR count). The highest BCUT2D eigenvalue weighted by molar-refractivity contribution is 5.78. The second-order valence-corrected chi connectivity index (χ2v) is 6.86. The maximum atomic E-state index is 12.7. The first-order valence-corrected chi connectivity index (χ1v) is 8.67. The Hall–Kier alpha value is -1.36. The van der Waals surface area contributed by atoms with Gasteiger partial charge in [0, 0.05) is 37.9 Å². The van der Waals surface area contributed by atoms with Crippen LogP contribution in [0.3, 0.4) is 0 Å². The number of carbonyl (C=O) groups is 1. The molecule has 1 aliphatic carbocycles. The zero-order valence-electron chi connectivity index (χ0n) is 13.9. The Kier molecular flexibility index (Phi) is 4.81. The number of hydrogen-bond acceptors (Lipinski definition) is 3. The molecule has 1 atom stereocenters. The first-order valence-electron chi connectivity index (χ1n) is 8.67. The molecule has 0 aromatic carbocycles. The predicted molar refractivity (Wildman–Crippen MR) is 86.4 cm³/mol. The predicted octanol–water partition coefficient (Wildman–Crippen LogP) is 2.21. The molecule has 22 heavy (non-hydrogen) atoms. The number of hydrogen-bond donors (Lipinski definition) is 0. The highest BCUT2D eigenvalue weighted by atomic mass is 16.2. The van der Waals surface area contributed by atoms with Gasteiger partial charge in [-0.05, 0) is 44.6 Å². The number of likely N-dealkylation sites (tertiary alicyclic amines) is 1. The summed E-state index contributed by atoms with van der Waals surface area (Å²) in [5.74, 6) is 1.08. The highest BCUT2D eigenvalue weighted by Crippen LogP contribution is 2.32. The minimum atomic E-state index is 0.310. The van der Waals surface area contributed by atoms with E-state index in [1.807, 2.05) is 17.9 Å². The Morgan fingerprint density at radius 2 is 2.23 bits per heavy atom. The van der Waals surface area contributed by atoms with Crippen LogP contribution < -0.4 is 0 Å². The number of carbonyl (C=O) groups excluding carboxylic acids is 1. The summed E-state index contributed by atoms with van der Waals surface area (Å²) in [5.41, 5.74) is 1.25. The molecular formula is C17H28N4O. The number of rotatable bonds is 7. The SMILES string of the molecule is CCCN(CC1CC1)C(=O)CN1CCCC1c1cnn(C)c1. The first-order chi connectivity index (χ1) is 10.7. The Labute approximate surface area is 133 Å². The summed E-state index contributed by atoms with van der Waals surface area (Å²) in [4.78, 5) is 17.1. The van der Waals surface area contributed by atoms with E-state index in [1.165, 1.54) is 24.8 Å². The maximum absolute atomic E-state index is 12.7. The van der Waals surface area contributed by atoms with E-state index < -0.39 is 0 Å². The van der Waals surface area contributed by atoms with Crippen molar-refractivity contribution >= 4 is 5.91 Å². The fourth-order valence-electron chi connectivity index (χ4n) is 3.48. The van der Waals surface area contributed by atoms with Gasteiger partial charge in [-0.1, -0.05) is 6.92 Å². The second-order valence-electron chi connectivity index (χ2n) is 6.86. The summed E-state index contributed by atoms with van der Waals surface area (Å²) in [5, 5.41) is 4.28. The molecule has 2 aliphatic rings. The summed E-state index contributed by atoms with van der Waals surface area (Å²) >= 11 is 0. The van der Waals surface area contributed by atoms with E-state index in [2.05, 4.69) is 28.0 Å². The minimum absolute atomic E-state index is 0.310. The number of aryl methyl sites for hydroxylation is 1. The van der Waals surface area contributed by atoms with Crippen molar-refractivity contribution in [1.82, 2.24) is 19.6 Å². The average molecular weight is 304 g/mol. The van der Waals surface area contributed by atoms with Crippen molar-refractivity contribution in [3.63, 3.8) is 0 Å². The largest absolute Gasteiger partial charge is 0.341 e. The molecule has 0 bridgehead atoms. The zero-order valence-corrected chi connectivity index (χ0v) is 13.9. The van der Waals surface area contributed by atoms with E-state index >= 15 is 0 Å². The van der Waals surface area contributed by atoms with Crippen LogP contribution in [0.4, 0.5) is 0 Å². The molecule has 1 saturated carbocycles. The molecule has 1 unspecified atom stereocenters. The Bertz CT molecular complexity index is 509. The summed E-state index contributed by atoms with van der Waals surface area (Å²) in [6.07, 6.45) is 9.98. The van der Waals surface area contributed by atoms with Gasteiger partial charge in [-0.2, -0.15) is 5.10 Å². The van der Waals surface area contributed by atoms with Crippen molar-refractivity contribution in [3.8, 4) is 0 Å². The number of nitrogens with zero attached hydrogens (tertiary/aromatic N) is 4. The molecule has 1 aromatic heterocycles. The first kappa shape index (κ1) is 15.5. The zero-order chi connectivity index (χ0) is 15.5. The quantitative estimate of drug-likeness (QED) is 0.775. The molecule has 0 spiro atoms. The van der Waals surface area contributed by atoms with Gasteiger partial charge in [0.2, 0.25) is 5.91 Å². The molecule has 1 amide bonds. The third-order valence-corrected chi connectivity index (χ3v) is 4.83. The molecule has 1 aromatic rings. The summed E-state index contributed by atoms with van der Waals surface area (Å²) < 4.78 is 1.85. The van der Waals surface area contributed by atoms with Gasteiger partial charge in [-0.25, -0.2) is 0 Å². The molecule has 0 N–H and O–H groups in total. The minimum Gasteiger partial charge on any atom is -0.341 e. The van der Waals surface area contributed by atoms with Gasteiger partial charge in [-0.3, -0.25) is 14.4 Å². The van der Waals surface area contributed by atoms with E-state index in [-0.39, 0.29) is 0 Å². The molecule has 122 valence electrons. The van der Waals surface area contributed by atoms with Crippen molar-refractivity contribution < 1.29 is 4.79 Å². The van der Waals surface area contributed by atoms with E-state index in [0.717, 1.165) is 38.4 Å². The third kappa shape index (κ3) is 3.69. The van der Waals surface area contributed by atoms with Crippen LogP contribution >= 0.6 is 0 Å². The fraction of sp³-hybridized carbons (Fsp3) is 0.765. The van der Waals surface area contributed by atoms with Gasteiger partial charge in [-0.15, -0.1) is 0 Å². The monoisotopic (exact) mass is 304 g/mol. The fourth-order valence-corrected chi connectivity index (χ4v) is 3.48. The van der Waals surface area contributed by atoms with Gasteiger partial charge in [0.1, 0.15) is 0 Å². The van der Waals surface area contributed by atoms with Crippen molar-refractivity contribution in [2.24, 2.45) is 13.0 Å². The Morgan fingerprint density at radius 1 is 1.41 bits per heavy atom. The van der Waals surface area contributed by atoms with E-state index in [0.29, 0.717) is 18.5 Å². The van der Waals surface area contributed by atoms with Crippen LogP contribution in [-0.2, 0) is 11.8 Å². The van der Waals surface area contributed by atoms with Crippen molar-refractivity contribution in [1.29, 1.82) is 0 Å². The lowest BCUT2D eigenvalue weighted by atomic mass is 10.1. The molecule has 2 heterocycles. The van der Waals surface area contributed by atoms with Crippen LogP contribution in [0.2, 0.25) is 0 Å². The normalized spacial score (nSPS) is 22.2. The molecule has 0 radical (unpaired) electrons. The topological polar surface area (TPSA) is 41.4 Å². The van der Waals surface area contributed by atoms with E-state index in [1.54, 1.807) is 0 Å². The molecule has 1 aliphatic heterocycles. The Balaban J connectivity index is 1.61. The lowest BCUT2D eigenvalue weighted by Crippen LogP contribution is -2.41. The molecule has 5 nitrogen and oxygen atoms in total. The van der Waals surface area contributed by atoms with E-state index in [9.17, 15) is 4.79 Å². The van der Waals surface area contributed by atoms with Crippen molar-refractivity contribution in [2.75, 3.05) is 26.2 Å². The molecule has 5 heteroatoms. The van der Waals surface area contributed by atoms with E-state index in [4.69, 9.17) is 0 Å². The molecular weight excluding hydrogens is 276 g/mol. The summed E-state index contributed by atoms with van der Waals surface area (Å²) in [7, 11) is 1.95. The van der Waals surface area contributed by atoms with Crippen molar-refractivity contribution in [3.05, 3.63) is 18.0 Å². The van der Waals surface area contributed by atoms with Gasteiger partial charge in [0.05, 0.1) is 12.7 Å². The van der Waals surface area contributed by atoms with Crippen LogP contribution in [0.15, 0.2) is 12.4 Å². The van der Waals surface area contributed by atoms with Gasteiger partial charge >= 0.3 is 0 Å². The second kappa shape index (κ2) is 6.82. The van der Waals surface area contributed by atoms with Crippen LogP contribution in [0.5, 0.6) is 0 Å². The van der Waals surface area contributed by atoms with Gasteiger partial charge in [0.25, 0.3) is 0 Å². The number of aromatic nitrogens is 2. The molecule has 1 saturated heterocycles. The molecule has 2 fully saturated rings. The average Bonchev–Trinajstić information content (AvgIpc) is 3.01.